The third kappa shape index (κ3) is 4.50. The highest BCUT2D eigenvalue weighted by molar-refractivity contribution is 7.22. The van der Waals surface area contributed by atoms with Crippen LogP contribution in [-0.4, -0.2) is 20.9 Å². The van der Waals surface area contributed by atoms with Crippen molar-refractivity contribution in [1.29, 1.82) is 10.5 Å². The Bertz CT molecular complexity index is 1810. The first kappa shape index (κ1) is 23.5. The summed E-state index contributed by atoms with van der Waals surface area (Å²) in [5.41, 5.74) is 7.53. The summed E-state index contributed by atoms with van der Waals surface area (Å²) < 4.78 is 0. The van der Waals surface area contributed by atoms with Crippen molar-refractivity contribution in [1.82, 2.24) is 15.0 Å². The normalized spacial score (nSPS) is 12.6. The quantitative estimate of drug-likeness (QED) is 0.284. The van der Waals surface area contributed by atoms with Crippen molar-refractivity contribution in [3.8, 4) is 34.5 Å². The highest BCUT2D eigenvalue weighted by atomic mass is 32.1. The Kier molecular flexibility index (Phi) is 5.88. The summed E-state index contributed by atoms with van der Waals surface area (Å²) >= 11 is 1.30. The maximum Gasteiger partial charge on any atom is 0.259 e. The van der Waals surface area contributed by atoms with E-state index in [1.807, 2.05) is 55.5 Å². The number of thiazole rings is 1. The number of amides is 1. The summed E-state index contributed by atoms with van der Waals surface area (Å²) in [6.07, 6.45) is 3.80. The molecule has 6 rings (SSSR count). The smallest absolute Gasteiger partial charge is 0.259 e. The van der Waals surface area contributed by atoms with Crippen molar-refractivity contribution in [3.63, 3.8) is 0 Å². The second kappa shape index (κ2) is 9.51. The molecule has 0 spiro atoms. The molecule has 7 nitrogen and oxygen atoms in total. The highest BCUT2D eigenvalue weighted by Crippen LogP contribution is 2.45. The minimum absolute atomic E-state index is 0.317. The predicted molar refractivity (Wildman–Crippen MR) is 147 cm³/mol. The van der Waals surface area contributed by atoms with Crippen molar-refractivity contribution in [2.45, 2.75) is 25.7 Å². The Morgan fingerprint density at radius 2 is 1.71 bits per heavy atom. The number of aryl methyl sites for hydroxylation is 1. The van der Waals surface area contributed by atoms with Crippen LogP contribution in [0.2, 0.25) is 0 Å². The van der Waals surface area contributed by atoms with Gasteiger partial charge in [0, 0.05) is 17.5 Å². The highest BCUT2D eigenvalue weighted by Gasteiger charge is 2.28. The molecule has 182 valence electrons. The van der Waals surface area contributed by atoms with Gasteiger partial charge in [-0.2, -0.15) is 10.5 Å². The van der Waals surface area contributed by atoms with Crippen LogP contribution >= 0.6 is 11.3 Å². The molecule has 1 aliphatic carbocycles. The van der Waals surface area contributed by atoms with Crippen LogP contribution in [0, 0.1) is 29.6 Å². The summed E-state index contributed by atoms with van der Waals surface area (Å²) in [5.74, 6) is 0.130. The molecular formula is C30H20N6OS. The van der Waals surface area contributed by atoms with Crippen molar-refractivity contribution < 1.29 is 4.79 Å². The Labute approximate surface area is 223 Å². The zero-order valence-electron chi connectivity index (χ0n) is 20.4. The SMILES string of the molecule is Cc1cc(-c2cc(C#N)ccc2C2CC2)c(C(=O)Nc2nc3ccc(-c4ccc(C#N)cc4)nc3s2)cn1. The largest absolute Gasteiger partial charge is 0.298 e. The molecule has 8 heteroatoms. The fourth-order valence-corrected chi connectivity index (χ4v) is 5.32. The van der Waals surface area contributed by atoms with Gasteiger partial charge >= 0.3 is 0 Å². The summed E-state index contributed by atoms with van der Waals surface area (Å²) in [4.78, 5) is 27.9. The van der Waals surface area contributed by atoms with E-state index in [1.54, 1.807) is 18.3 Å². The minimum atomic E-state index is -0.317. The van der Waals surface area contributed by atoms with E-state index < -0.39 is 0 Å². The standard InChI is InChI=1S/C30H20N6OS/c1-17-12-23(24-13-19(15-32)4-9-22(24)20-7-8-20)25(16-33-17)28(37)36-30-35-27-11-10-26(34-29(27)38-30)21-5-2-18(14-31)3-6-21/h2-6,9-13,16,20H,7-8H2,1H3,(H,35,36,37). The Hall–Kier alpha value is -4.92. The lowest BCUT2D eigenvalue weighted by Crippen LogP contribution is -2.14. The molecule has 1 amide bonds. The first-order valence-electron chi connectivity index (χ1n) is 12.1. The van der Waals surface area contributed by atoms with Crippen molar-refractivity contribution in [3.05, 3.63) is 94.8 Å². The van der Waals surface area contributed by atoms with Crippen LogP contribution in [0.25, 0.3) is 32.7 Å². The number of aromatic nitrogens is 3. The van der Waals surface area contributed by atoms with Gasteiger partial charge in [0.25, 0.3) is 5.91 Å². The van der Waals surface area contributed by atoms with Gasteiger partial charge in [-0.25, -0.2) is 9.97 Å². The number of carbonyl (C=O) groups is 1. The first-order chi connectivity index (χ1) is 18.5. The van der Waals surface area contributed by atoms with Crippen molar-refractivity contribution >= 4 is 32.7 Å². The second-order valence-electron chi connectivity index (χ2n) is 9.24. The van der Waals surface area contributed by atoms with Crippen molar-refractivity contribution in [2.75, 3.05) is 5.32 Å². The van der Waals surface area contributed by atoms with Gasteiger partial charge in [0.15, 0.2) is 5.13 Å². The maximum atomic E-state index is 13.5. The molecule has 0 aliphatic heterocycles. The molecule has 0 saturated heterocycles. The van der Waals surface area contributed by atoms with E-state index >= 15 is 0 Å². The molecule has 0 bridgehead atoms. The molecule has 0 unspecified atom stereocenters. The maximum absolute atomic E-state index is 13.5. The molecule has 3 aromatic heterocycles. The predicted octanol–water partition coefficient (Wildman–Crippen LogP) is 6.60. The number of benzene rings is 2. The third-order valence-corrected chi connectivity index (χ3v) is 7.44. The van der Waals surface area contributed by atoms with Crippen LogP contribution in [0.4, 0.5) is 5.13 Å². The summed E-state index contributed by atoms with van der Waals surface area (Å²) in [6, 6.07) is 22.9. The lowest BCUT2D eigenvalue weighted by Gasteiger charge is -2.14. The molecule has 1 fully saturated rings. The van der Waals surface area contributed by atoms with Crippen LogP contribution in [-0.2, 0) is 0 Å². The zero-order chi connectivity index (χ0) is 26.2. The van der Waals surface area contributed by atoms with E-state index in [2.05, 4.69) is 27.4 Å². The van der Waals surface area contributed by atoms with E-state index in [9.17, 15) is 10.1 Å². The van der Waals surface area contributed by atoms with E-state index in [4.69, 9.17) is 10.2 Å². The van der Waals surface area contributed by atoms with Crippen molar-refractivity contribution in [2.24, 2.45) is 0 Å². The molecule has 38 heavy (non-hydrogen) atoms. The van der Waals surface area contributed by atoms with Crippen LogP contribution in [0.3, 0.4) is 0 Å². The lowest BCUT2D eigenvalue weighted by atomic mass is 9.92. The molecule has 0 atom stereocenters. The summed E-state index contributed by atoms with van der Waals surface area (Å²) in [6.45, 7) is 1.89. The summed E-state index contributed by atoms with van der Waals surface area (Å²) in [5, 5.41) is 21.9. The van der Waals surface area contributed by atoms with E-state index in [0.717, 1.165) is 46.5 Å². The number of pyridine rings is 2. The van der Waals surface area contributed by atoms with Crippen LogP contribution in [0.15, 0.2) is 66.9 Å². The van der Waals surface area contributed by atoms with Crippen LogP contribution in [0.5, 0.6) is 0 Å². The van der Waals surface area contributed by atoms with E-state index in [-0.39, 0.29) is 5.91 Å². The monoisotopic (exact) mass is 512 g/mol. The lowest BCUT2D eigenvalue weighted by molar-refractivity contribution is 0.102. The van der Waals surface area contributed by atoms with E-state index in [1.165, 1.54) is 11.3 Å². The molecule has 1 aliphatic rings. The number of nitriles is 2. The summed E-state index contributed by atoms with van der Waals surface area (Å²) in [7, 11) is 0. The van der Waals surface area contributed by atoms with Gasteiger partial charge in [-0.15, -0.1) is 0 Å². The fraction of sp³-hybridized carbons (Fsp3) is 0.133. The number of fused-ring (bicyclic) bond motifs is 1. The topological polar surface area (TPSA) is 115 Å². The zero-order valence-corrected chi connectivity index (χ0v) is 21.2. The Morgan fingerprint density at radius 3 is 2.45 bits per heavy atom. The number of anilines is 1. The van der Waals surface area contributed by atoms with Gasteiger partial charge in [0.05, 0.1) is 34.5 Å². The van der Waals surface area contributed by atoms with Crippen LogP contribution < -0.4 is 5.32 Å². The van der Waals surface area contributed by atoms with Gasteiger partial charge in [0.2, 0.25) is 0 Å². The number of hydrogen-bond donors (Lipinski definition) is 1. The van der Waals surface area contributed by atoms with Gasteiger partial charge < -0.3 is 0 Å². The number of carbonyl (C=O) groups excluding carboxylic acids is 1. The molecule has 2 aromatic carbocycles. The Balaban J connectivity index is 1.33. The average molecular weight is 513 g/mol. The average Bonchev–Trinajstić information content (AvgIpc) is 3.71. The molecule has 0 radical (unpaired) electrons. The number of nitrogens with one attached hydrogen (secondary N) is 1. The van der Waals surface area contributed by atoms with Crippen LogP contribution in [0.1, 0.15) is 51.5 Å². The minimum Gasteiger partial charge on any atom is -0.298 e. The number of nitrogens with zero attached hydrogens (tertiary/aromatic N) is 5. The molecule has 3 heterocycles. The van der Waals surface area contributed by atoms with Gasteiger partial charge in [-0.05, 0) is 84.8 Å². The van der Waals surface area contributed by atoms with E-state index in [0.29, 0.717) is 38.1 Å². The Morgan fingerprint density at radius 1 is 0.947 bits per heavy atom. The molecule has 1 saturated carbocycles. The number of rotatable bonds is 5. The van der Waals surface area contributed by atoms with Gasteiger partial charge in [-0.3, -0.25) is 15.1 Å². The van der Waals surface area contributed by atoms with Gasteiger partial charge in [0.1, 0.15) is 10.3 Å². The molecule has 5 aromatic rings. The molecule has 1 N–H and O–H groups in total. The first-order valence-corrected chi connectivity index (χ1v) is 12.9. The van der Waals surface area contributed by atoms with Gasteiger partial charge in [-0.1, -0.05) is 29.5 Å². The third-order valence-electron chi connectivity index (χ3n) is 6.56. The number of hydrogen-bond acceptors (Lipinski definition) is 7. The second-order valence-corrected chi connectivity index (χ2v) is 10.2. The fourth-order valence-electron chi connectivity index (χ4n) is 4.48. The molecular weight excluding hydrogens is 492 g/mol.